The number of rotatable bonds is 10. The van der Waals surface area contributed by atoms with Gasteiger partial charge in [-0.25, -0.2) is 10.2 Å². The molecule has 0 bridgehead atoms. The second-order valence-corrected chi connectivity index (χ2v) is 7.39. The topological polar surface area (TPSA) is 89.0 Å². The summed E-state index contributed by atoms with van der Waals surface area (Å²) in [5.41, 5.74) is 4.23. The Morgan fingerprint density at radius 3 is 2.52 bits per heavy atom. The number of nitrogens with zero attached hydrogens (tertiary/aromatic N) is 1. The van der Waals surface area contributed by atoms with Gasteiger partial charge in [-0.15, -0.1) is 0 Å². The maximum atomic E-state index is 12.9. The third-order valence-corrected chi connectivity index (χ3v) is 4.93. The van der Waals surface area contributed by atoms with Crippen LogP contribution >= 0.6 is 0 Å². The van der Waals surface area contributed by atoms with Crippen LogP contribution in [0.4, 0.5) is 4.79 Å². The molecule has 2 amide bonds. The molecule has 3 rings (SSSR count). The van der Waals surface area contributed by atoms with Crippen molar-refractivity contribution in [3.63, 3.8) is 0 Å². The molecular weight excluding hydrogens is 418 g/mol. The van der Waals surface area contributed by atoms with Crippen molar-refractivity contribution in [2.75, 3.05) is 13.2 Å². The van der Waals surface area contributed by atoms with Crippen LogP contribution in [0.5, 0.6) is 5.75 Å². The quantitative estimate of drug-likeness (QED) is 0.355. The molecule has 3 aromatic carbocycles. The highest BCUT2D eigenvalue weighted by Gasteiger charge is 2.21. The van der Waals surface area contributed by atoms with E-state index in [4.69, 9.17) is 9.47 Å². The van der Waals surface area contributed by atoms with Gasteiger partial charge in [-0.2, -0.15) is 5.10 Å². The highest BCUT2D eigenvalue weighted by Crippen LogP contribution is 2.26. The zero-order chi connectivity index (χ0) is 23.5. The summed E-state index contributed by atoms with van der Waals surface area (Å²) in [5.74, 6) is 0.249. The molecule has 3 aromatic rings. The lowest BCUT2D eigenvalue weighted by atomic mass is 10.0. The van der Waals surface area contributed by atoms with Gasteiger partial charge in [0.25, 0.3) is 5.91 Å². The molecule has 0 saturated carbocycles. The molecule has 0 radical (unpaired) electrons. The normalized spacial score (nSPS) is 11.8. The van der Waals surface area contributed by atoms with E-state index < -0.39 is 18.0 Å². The Morgan fingerprint density at radius 1 is 1.00 bits per heavy atom. The zero-order valence-corrected chi connectivity index (χ0v) is 18.9. The molecule has 33 heavy (non-hydrogen) atoms. The van der Waals surface area contributed by atoms with Gasteiger partial charge >= 0.3 is 6.09 Å². The van der Waals surface area contributed by atoms with Crippen molar-refractivity contribution < 1.29 is 19.1 Å². The van der Waals surface area contributed by atoms with Crippen molar-refractivity contribution in [3.05, 3.63) is 77.9 Å². The highest BCUT2D eigenvalue weighted by molar-refractivity contribution is 6.02. The molecule has 0 saturated heterocycles. The molecule has 0 aliphatic heterocycles. The van der Waals surface area contributed by atoms with Gasteiger partial charge in [-0.3, -0.25) is 4.79 Å². The third-order valence-electron chi connectivity index (χ3n) is 4.93. The van der Waals surface area contributed by atoms with Gasteiger partial charge in [0.15, 0.2) is 0 Å². The first-order chi connectivity index (χ1) is 16.1. The first-order valence-corrected chi connectivity index (χ1v) is 11.1. The minimum absolute atomic E-state index is 0.214. The summed E-state index contributed by atoms with van der Waals surface area (Å²) < 4.78 is 10.8. The number of nitrogens with one attached hydrogen (secondary N) is 2. The van der Waals surface area contributed by atoms with Crippen molar-refractivity contribution in [2.24, 2.45) is 5.10 Å². The predicted octanol–water partition coefficient (Wildman–Crippen LogP) is 4.44. The van der Waals surface area contributed by atoms with Gasteiger partial charge in [-0.05, 0) is 35.7 Å². The summed E-state index contributed by atoms with van der Waals surface area (Å²) in [7, 11) is 0. The molecule has 2 N–H and O–H groups in total. The van der Waals surface area contributed by atoms with E-state index in [2.05, 4.69) is 15.8 Å². The van der Waals surface area contributed by atoms with E-state index in [1.807, 2.05) is 73.7 Å². The van der Waals surface area contributed by atoms with Crippen LogP contribution in [0.1, 0.15) is 31.4 Å². The Labute approximate surface area is 193 Å². The predicted molar refractivity (Wildman–Crippen MR) is 130 cm³/mol. The SMILES string of the molecule is CCCOc1ccc2ccccc2c1/C=N\NC(=O)[C@H](Cc1ccccc1)NC(=O)OCC. The van der Waals surface area contributed by atoms with Crippen LogP contribution in [0, 0.1) is 0 Å². The first-order valence-electron chi connectivity index (χ1n) is 11.1. The Kier molecular flexibility index (Phi) is 8.82. The van der Waals surface area contributed by atoms with Crippen LogP contribution in [-0.2, 0) is 16.0 Å². The lowest BCUT2D eigenvalue weighted by Crippen LogP contribution is -2.47. The second-order valence-electron chi connectivity index (χ2n) is 7.39. The molecule has 0 unspecified atom stereocenters. The summed E-state index contributed by atoms with van der Waals surface area (Å²) >= 11 is 0. The second kappa shape index (κ2) is 12.2. The van der Waals surface area contributed by atoms with E-state index >= 15 is 0 Å². The highest BCUT2D eigenvalue weighted by atomic mass is 16.5. The third kappa shape index (κ3) is 6.80. The molecule has 0 spiro atoms. The molecular formula is C26H29N3O4. The van der Waals surface area contributed by atoms with E-state index in [0.717, 1.165) is 28.3 Å². The van der Waals surface area contributed by atoms with Crippen molar-refractivity contribution >= 4 is 29.0 Å². The standard InChI is InChI=1S/C26H29N3O4/c1-3-16-33-24-15-14-20-12-8-9-13-21(20)22(24)18-27-29-25(30)23(28-26(31)32-4-2)17-19-10-6-5-7-11-19/h5-15,18,23H,3-4,16-17H2,1-2H3,(H,28,31)(H,29,30)/b27-18-/t23-/m0/s1. The number of hydrazone groups is 1. The fraction of sp³-hybridized carbons (Fsp3) is 0.269. The molecule has 0 fully saturated rings. The van der Waals surface area contributed by atoms with Crippen LogP contribution in [0.3, 0.4) is 0 Å². The van der Waals surface area contributed by atoms with Crippen molar-refractivity contribution in [2.45, 2.75) is 32.7 Å². The number of fused-ring (bicyclic) bond motifs is 1. The Balaban J connectivity index is 1.79. The first kappa shape index (κ1) is 23.8. The molecule has 0 aliphatic rings. The summed E-state index contributed by atoms with van der Waals surface area (Å²) in [6, 6.07) is 20.4. The average molecular weight is 448 g/mol. The molecule has 0 heterocycles. The lowest BCUT2D eigenvalue weighted by molar-refractivity contribution is -0.123. The molecule has 0 aliphatic carbocycles. The maximum Gasteiger partial charge on any atom is 0.407 e. The van der Waals surface area contributed by atoms with Crippen molar-refractivity contribution in [1.82, 2.24) is 10.7 Å². The summed E-state index contributed by atoms with van der Waals surface area (Å²) in [4.78, 5) is 24.8. The summed E-state index contributed by atoms with van der Waals surface area (Å²) in [6.07, 6.45) is 2.11. The van der Waals surface area contributed by atoms with E-state index in [9.17, 15) is 9.59 Å². The summed E-state index contributed by atoms with van der Waals surface area (Å²) in [5, 5.41) is 8.80. The minimum atomic E-state index is -0.841. The Morgan fingerprint density at radius 2 is 1.76 bits per heavy atom. The van der Waals surface area contributed by atoms with Crippen LogP contribution in [0.15, 0.2) is 71.8 Å². The molecule has 7 heteroatoms. The van der Waals surface area contributed by atoms with Crippen LogP contribution in [-0.4, -0.2) is 37.5 Å². The number of amides is 2. The number of hydrogen-bond donors (Lipinski definition) is 2. The molecule has 172 valence electrons. The van der Waals surface area contributed by atoms with Crippen LogP contribution in [0.2, 0.25) is 0 Å². The van der Waals surface area contributed by atoms with Gasteiger partial charge in [0.05, 0.1) is 19.4 Å². The molecule has 7 nitrogen and oxygen atoms in total. The van der Waals surface area contributed by atoms with Gasteiger partial charge in [0.2, 0.25) is 0 Å². The number of ether oxygens (including phenoxy) is 2. The smallest absolute Gasteiger partial charge is 0.407 e. The van der Waals surface area contributed by atoms with Crippen molar-refractivity contribution in [1.29, 1.82) is 0 Å². The molecule has 0 aromatic heterocycles. The number of carbonyl (C=O) groups excluding carboxylic acids is 2. The zero-order valence-electron chi connectivity index (χ0n) is 18.9. The molecule has 1 atom stereocenters. The van der Waals surface area contributed by atoms with Gasteiger partial charge < -0.3 is 14.8 Å². The summed E-state index contributed by atoms with van der Waals surface area (Å²) in [6.45, 7) is 4.54. The number of hydrogen-bond acceptors (Lipinski definition) is 5. The average Bonchev–Trinajstić information content (AvgIpc) is 2.83. The van der Waals surface area contributed by atoms with Crippen LogP contribution in [0.25, 0.3) is 10.8 Å². The minimum Gasteiger partial charge on any atom is -0.493 e. The van der Waals surface area contributed by atoms with Gasteiger partial charge in [-0.1, -0.05) is 67.6 Å². The number of carbonyl (C=O) groups is 2. The van der Waals surface area contributed by atoms with E-state index in [0.29, 0.717) is 18.8 Å². The van der Waals surface area contributed by atoms with E-state index in [1.165, 1.54) is 0 Å². The van der Waals surface area contributed by atoms with E-state index in [1.54, 1.807) is 13.1 Å². The van der Waals surface area contributed by atoms with E-state index in [-0.39, 0.29) is 6.61 Å². The number of benzene rings is 3. The van der Waals surface area contributed by atoms with Crippen LogP contribution < -0.4 is 15.5 Å². The van der Waals surface area contributed by atoms with Gasteiger partial charge in [0, 0.05) is 12.0 Å². The van der Waals surface area contributed by atoms with Gasteiger partial charge in [0.1, 0.15) is 11.8 Å². The lowest BCUT2D eigenvalue weighted by Gasteiger charge is -2.17. The largest absolute Gasteiger partial charge is 0.493 e. The fourth-order valence-electron chi connectivity index (χ4n) is 3.36. The fourth-order valence-corrected chi connectivity index (χ4v) is 3.36. The Bertz CT molecular complexity index is 1100. The monoisotopic (exact) mass is 447 g/mol. The Hall–Kier alpha value is -3.87. The van der Waals surface area contributed by atoms with Crippen molar-refractivity contribution in [3.8, 4) is 5.75 Å². The number of alkyl carbamates (subject to hydrolysis) is 1. The maximum absolute atomic E-state index is 12.9.